The number of nitrogens with zero attached hydrogens (tertiary/aromatic N) is 2. The third kappa shape index (κ3) is 2.42. The average molecular weight is 264 g/mol. The molecule has 0 aliphatic carbocycles. The fraction of sp³-hybridized carbons (Fsp3) is 0.357. The second kappa shape index (κ2) is 5.12. The van der Waals surface area contributed by atoms with Crippen LogP contribution in [0.2, 0.25) is 5.02 Å². The lowest BCUT2D eigenvalue weighted by atomic mass is 10.0. The van der Waals surface area contributed by atoms with Crippen LogP contribution in [-0.2, 0) is 6.54 Å². The molecule has 1 heterocycles. The van der Waals surface area contributed by atoms with Crippen molar-refractivity contribution in [3.8, 4) is 11.1 Å². The van der Waals surface area contributed by atoms with Crippen molar-refractivity contribution in [2.45, 2.75) is 33.4 Å². The Balaban J connectivity index is 2.48. The van der Waals surface area contributed by atoms with E-state index in [0.717, 1.165) is 27.4 Å². The lowest BCUT2D eigenvalue weighted by Crippen LogP contribution is -2.00. The number of nitrogens with two attached hydrogens (primary N) is 1. The lowest BCUT2D eigenvalue weighted by molar-refractivity contribution is 0.529. The summed E-state index contributed by atoms with van der Waals surface area (Å²) in [7, 11) is 0. The molecule has 0 radical (unpaired) electrons. The summed E-state index contributed by atoms with van der Waals surface area (Å²) in [6, 6.07) is 6.30. The van der Waals surface area contributed by atoms with Gasteiger partial charge in [-0.1, -0.05) is 17.7 Å². The molecule has 2 aromatic rings. The van der Waals surface area contributed by atoms with E-state index in [2.05, 4.69) is 25.1 Å². The summed E-state index contributed by atoms with van der Waals surface area (Å²) in [6.45, 7) is 6.70. The zero-order valence-electron chi connectivity index (χ0n) is 10.9. The molecule has 4 heteroatoms. The Hall–Kier alpha value is -1.32. The number of aryl methyl sites for hydroxylation is 1. The van der Waals surface area contributed by atoms with Gasteiger partial charge in [-0.15, -0.1) is 0 Å². The molecule has 3 nitrogen and oxygen atoms in total. The number of hydrogen-bond donors (Lipinski definition) is 1. The maximum Gasteiger partial charge on any atom is 0.0672 e. The molecule has 0 saturated carbocycles. The minimum absolute atomic E-state index is 0.360. The Morgan fingerprint density at radius 3 is 2.67 bits per heavy atom. The third-order valence-electron chi connectivity index (χ3n) is 3.02. The van der Waals surface area contributed by atoms with Gasteiger partial charge in [0.2, 0.25) is 0 Å². The highest BCUT2D eigenvalue weighted by molar-refractivity contribution is 6.31. The van der Waals surface area contributed by atoms with E-state index in [9.17, 15) is 0 Å². The fourth-order valence-electron chi connectivity index (χ4n) is 1.93. The summed E-state index contributed by atoms with van der Waals surface area (Å²) in [5, 5.41) is 5.23. The first-order valence-corrected chi connectivity index (χ1v) is 6.45. The second-order valence-corrected chi connectivity index (χ2v) is 5.12. The molecule has 0 aliphatic rings. The molecule has 0 fully saturated rings. The van der Waals surface area contributed by atoms with Crippen molar-refractivity contribution in [1.29, 1.82) is 0 Å². The summed E-state index contributed by atoms with van der Waals surface area (Å²) in [5.74, 6) is 0. The maximum atomic E-state index is 6.08. The highest BCUT2D eigenvalue weighted by Gasteiger charge is 2.10. The van der Waals surface area contributed by atoms with Crippen LogP contribution in [0.3, 0.4) is 0 Å². The van der Waals surface area contributed by atoms with E-state index in [1.165, 1.54) is 0 Å². The molecule has 1 aromatic carbocycles. The zero-order chi connectivity index (χ0) is 13.3. The van der Waals surface area contributed by atoms with Gasteiger partial charge in [-0.25, -0.2) is 0 Å². The molecule has 18 heavy (non-hydrogen) atoms. The molecule has 2 N–H and O–H groups in total. The van der Waals surface area contributed by atoms with Crippen molar-refractivity contribution in [2.24, 2.45) is 5.73 Å². The molecular formula is C14H18ClN3. The Bertz CT molecular complexity index is 558. The van der Waals surface area contributed by atoms with Gasteiger partial charge in [0.1, 0.15) is 0 Å². The Morgan fingerprint density at radius 2 is 2.11 bits per heavy atom. The number of benzene rings is 1. The number of aromatic nitrogens is 2. The van der Waals surface area contributed by atoms with Gasteiger partial charge in [-0.3, -0.25) is 4.68 Å². The highest BCUT2D eigenvalue weighted by Crippen LogP contribution is 2.27. The number of halogens is 1. The quantitative estimate of drug-likeness (QED) is 0.920. The van der Waals surface area contributed by atoms with Crippen LogP contribution in [0.1, 0.15) is 31.1 Å². The van der Waals surface area contributed by atoms with Crippen LogP contribution < -0.4 is 5.73 Å². The van der Waals surface area contributed by atoms with Crippen molar-refractivity contribution < 1.29 is 0 Å². The molecule has 0 unspecified atom stereocenters. The van der Waals surface area contributed by atoms with Crippen molar-refractivity contribution >= 4 is 11.6 Å². The minimum Gasteiger partial charge on any atom is -0.326 e. The first-order chi connectivity index (χ1) is 8.52. The van der Waals surface area contributed by atoms with E-state index in [4.69, 9.17) is 17.3 Å². The number of rotatable bonds is 3. The van der Waals surface area contributed by atoms with Crippen LogP contribution in [0, 0.1) is 6.92 Å². The normalized spacial score (nSPS) is 11.2. The van der Waals surface area contributed by atoms with Crippen molar-refractivity contribution in [3.05, 3.63) is 40.7 Å². The largest absolute Gasteiger partial charge is 0.326 e. The van der Waals surface area contributed by atoms with Gasteiger partial charge in [-0.2, -0.15) is 5.10 Å². The van der Waals surface area contributed by atoms with E-state index in [1.807, 2.05) is 29.8 Å². The van der Waals surface area contributed by atoms with Gasteiger partial charge >= 0.3 is 0 Å². The molecule has 0 aliphatic heterocycles. The van der Waals surface area contributed by atoms with Gasteiger partial charge in [0.05, 0.1) is 5.69 Å². The first kappa shape index (κ1) is 13.1. The number of hydrogen-bond acceptors (Lipinski definition) is 2. The average Bonchev–Trinajstić information content (AvgIpc) is 2.72. The van der Waals surface area contributed by atoms with Crippen LogP contribution >= 0.6 is 11.6 Å². The van der Waals surface area contributed by atoms with Gasteiger partial charge in [0, 0.05) is 29.4 Å². The van der Waals surface area contributed by atoms with E-state index in [1.54, 1.807) is 0 Å². The molecule has 0 atom stereocenters. The Morgan fingerprint density at radius 1 is 1.39 bits per heavy atom. The van der Waals surface area contributed by atoms with Crippen LogP contribution in [0.15, 0.2) is 24.4 Å². The molecule has 0 saturated heterocycles. The third-order valence-corrected chi connectivity index (χ3v) is 3.39. The fourth-order valence-corrected chi connectivity index (χ4v) is 2.12. The first-order valence-electron chi connectivity index (χ1n) is 6.07. The SMILES string of the molecule is Cc1nn(C(C)C)cc1-c1ccc(Cl)c(CN)c1. The lowest BCUT2D eigenvalue weighted by Gasteiger charge is -2.05. The molecule has 96 valence electrons. The topological polar surface area (TPSA) is 43.8 Å². The van der Waals surface area contributed by atoms with E-state index >= 15 is 0 Å². The molecular weight excluding hydrogens is 246 g/mol. The Labute approximate surface area is 113 Å². The minimum atomic E-state index is 0.360. The zero-order valence-corrected chi connectivity index (χ0v) is 11.7. The van der Waals surface area contributed by atoms with E-state index in [0.29, 0.717) is 12.6 Å². The smallest absolute Gasteiger partial charge is 0.0672 e. The monoisotopic (exact) mass is 263 g/mol. The predicted molar refractivity (Wildman–Crippen MR) is 75.7 cm³/mol. The molecule has 0 spiro atoms. The Kier molecular flexibility index (Phi) is 3.73. The molecule has 0 bridgehead atoms. The highest BCUT2D eigenvalue weighted by atomic mass is 35.5. The predicted octanol–water partition coefficient (Wildman–Crippen LogP) is 3.55. The molecule has 2 rings (SSSR count). The van der Waals surface area contributed by atoms with Gasteiger partial charge < -0.3 is 5.73 Å². The van der Waals surface area contributed by atoms with E-state index in [-0.39, 0.29) is 0 Å². The van der Waals surface area contributed by atoms with Crippen LogP contribution in [0.4, 0.5) is 0 Å². The molecule has 0 amide bonds. The van der Waals surface area contributed by atoms with Gasteiger partial charge in [0.25, 0.3) is 0 Å². The standard InChI is InChI=1S/C14H18ClN3/c1-9(2)18-8-13(10(3)17-18)11-4-5-14(15)12(6-11)7-16/h4-6,8-9H,7,16H2,1-3H3. The van der Waals surface area contributed by atoms with Crippen LogP contribution in [0.5, 0.6) is 0 Å². The summed E-state index contributed by atoms with van der Waals surface area (Å²) in [6.07, 6.45) is 2.07. The van der Waals surface area contributed by atoms with Crippen molar-refractivity contribution in [2.75, 3.05) is 0 Å². The maximum absolute atomic E-state index is 6.08. The molecule has 1 aromatic heterocycles. The van der Waals surface area contributed by atoms with E-state index < -0.39 is 0 Å². The van der Waals surface area contributed by atoms with Crippen molar-refractivity contribution in [1.82, 2.24) is 9.78 Å². The summed E-state index contributed by atoms with van der Waals surface area (Å²) in [5.41, 5.74) is 9.92. The van der Waals surface area contributed by atoms with Gasteiger partial charge in [-0.05, 0) is 44.0 Å². The second-order valence-electron chi connectivity index (χ2n) is 4.71. The van der Waals surface area contributed by atoms with Crippen LogP contribution in [0.25, 0.3) is 11.1 Å². The summed E-state index contributed by atoms with van der Waals surface area (Å²) >= 11 is 6.08. The van der Waals surface area contributed by atoms with Crippen LogP contribution in [-0.4, -0.2) is 9.78 Å². The van der Waals surface area contributed by atoms with Crippen molar-refractivity contribution in [3.63, 3.8) is 0 Å². The van der Waals surface area contributed by atoms with Gasteiger partial charge in [0.15, 0.2) is 0 Å². The summed E-state index contributed by atoms with van der Waals surface area (Å²) < 4.78 is 1.97. The summed E-state index contributed by atoms with van der Waals surface area (Å²) in [4.78, 5) is 0.